The Balaban J connectivity index is -0.000000168. The molecule has 46 heavy (non-hydrogen) atoms. The molecule has 266 valence electrons. The second-order valence-corrected chi connectivity index (χ2v) is 11.9. The maximum absolute atomic E-state index is 9.72. The fourth-order valence-electron chi connectivity index (χ4n) is 3.96. The van der Waals surface area contributed by atoms with Crippen LogP contribution in [0.3, 0.4) is 0 Å². The van der Waals surface area contributed by atoms with Gasteiger partial charge < -0.3 is 36.3 Å². The number of carboxylic acid groups (broad SMARTS) is 2. The van der Waals surface area contributed by atoms with E-state index < -0.39 is 22.5 Å². The Hall–Kier alpha value is -3.19. The SMILES string of the molecule is C=C/C=C\c1c(C)c(C)c2cccnc2c1C.CCS(N=O)(N=O)N=O.C[C@H]1CCCC[C@@H]1[NH-].O.O=C(O)CCC(=O)O.[CH3-].[CH3-].[Pt]. The Kier molecular flexibility index (Phi) is 31.9. The summed E-state index contributed by atoms with van der Waals surface area (Å²) in [6, 6.07) is 4.38. The van der Waals surface area contributed by atoms with Gasteiger partial charge in [0, 0.05) is 52.1 Å². The van der Waals surface area contributed by atoms with Crippen LogP contribution in [0.1, 0.15) is 74.6 Å². The van der Waals surface area contributed by atoms with Crippen molar-refractivity contribution in [3.63, 3.8) is 0 Å². The molecule has 1 aromatic carbocycles. The van der Waals surface area contributed by atoms with Crippen LogP contribution in [0.15, 0.2) is 50.8 Å². The average Bonchev–Trinajstić information content (AvgIpc) is 2.99. The molecule has 0 unspecified atom stereocenters. The molecule has 1 aromatic heterocycles. The number of aromatic nitrogens is 1. The van der Waals surface area contributed by atoms with Gasteiger partial charge in [0.2, 0.25) is 0 Å². The minimum Gasteiger partial charge on any atom is -0.674 e. The Bertz CT molecular complexity index is 1220. The van der Waals surface area contributed by atoms with Crippen molar-refractivity contribution in [3.05, 3.63) is 94.6 Å². The number of pyridine rings is 1. The summed E-state index contributed by atoms with van der Waals surface area (Å²) in [5.41, 5.74) is 13.7. The van der Waals surface area contributed by atoms with Gasteiger partial charge in [-0.25, -0.2) is 0 Å². The average molecular weight is 848 g/mol. The molecule has 0 spiro atoms. The number of hydrogen-bond donors (Lipinski definition) is 2. The molecule has 1 heterocycles. The van der Waals surface area contributed by atoms with Crippen LogP contribution >= 0.6 is 10.6 Å². The molecule has 2 atom stereocenters. The summed E-state index contributed by atoms with van der Waals surface area (Å²) >= 11 is 0. The van der Waals surface area contributed by atoms with Gasteiger partial charge in [-0.2, -0.15) is 0 Å². The van der Waals surface area contributed by atoms with Crippen molar-refractivity contribution in [3.8, 4) is 0 Å². The topological polar surface area (TPSA) is 231 Å². The second-order valence-electron chi connectivity index (χ2n) is 9.58. The molecule has 0 aliphatic heterocycles. The summed E-state index contributed by atoms with van der Waals surface area (Å²) in [5.74, 6) is -1.49. The first kappa shape index (κ1) is 52.3. The summed E-state index contributed by atoms with van der Waals surface area (Å²) < 4.78 is 6.75. The predicted octanol–water partition coefficient (Wildman–Crippen LogP) is 8.84. The molecule has 1 saturated carbocycles. The Morgan fingerprint density at radius 3 is 1.85 bits per heavy atom. The number of nitroso groups, excluding NO2 is 3. The third-order valence-electron chi connectivity index (χ3n) is 6.75. The summed E-state index contributed by atoms with van der Waals surface area (Å²) in [6.45, 7) is 13.8. The smallest absolute Gasteiger partial charge is 0.303 e. The largest absolute Gasteiger partial charge is 0.674 e. The van der Waals surface area contributed by atoms with E-state index in [1.165, 1.54) is 53.8 Å². The van der Waals surface area contributed by atoms with Gasteiger partial charge >= 0.3 is 11.9 Å². The molecule has 2 aromatic rings. The molecule has 0 bridgehead atoms. The van der Waals surface area contributed by atoms with Crippen LogP contribution in [-0.4, -0.2) is 44.4 Å². The van der Waals surface area contributed by atoms with Crippen molar-refractivity contribution in [2.24, 2.45) is 19.7 Å². The van der Waals surface area contributed by atoms with E-state index in [2.05, 4.69) is 65.1 Å². The number of aryl methyl sites for hydroxylation is 2. The zero-order valence-corrected chi connectivity index (χ0v) is 30.8. The van der Waals surface area contributed by atoms with Gasteiger partial charge in [0.05, 0.1) is 18.4 Å². The molecule has 1 aliphatic carbocycles. The van der Waals surface area contributed by atoms with Gasteiger partial charge in [-0.15, -0.1) is 20.8 Å². The van der Waals surface area contributed by atoms with E-state index in [1.807, 2.05) is 18.3 Å². The third kappa shape index (κ3) is 18.1. The molecule has 0 amide bonds. The van der Waals surface area contributed by atoms with Crippen molar-refractivity contribution in [1.29, 1.82) is 0 Å². The number of allylic oxidation sites excluding steroid dienone is 2. The number of fused-ring (bicyclic) bond motifs is 1. The molecular formula is C31H50N5O8PtS-3. The molecule has 15 heteroatoms. The molecule has 0 radical (unpaired) electrons. The predicted molar refractivity (Wildman–Crippen MR) is 187 cm³/mol. The first-order chi connectivity index (χ1) is 19.8. The van der Waals surface area contributed by atoms with E-state index in [4.69, 9.17) is 15.9 Å². The summed E-state index contributed by atoms with van der Waals surface area (Å²) in [4.78, 5) is 52.9. The van der Waals surface area contributed by atoms with Crippen molar-refractivity contribution in [2.45, 2.75) is 79.2 Å². The minimum absolute atomic E-state index is 0. The zero-order valence-electron chi connectivity index (χ0n) is 27.7. The van der Waals surface area contributed by atoms with Crippen molar-refractivity contribution in [1.82, 2.24) is 4.98 Å². The van der Waals surface area contributed by atoms with E-state index >= 15 is 0 Å². The van der Waals surface area contributed by atoms with Crippen LogP contribution in [0.5, 0.6) is 0 Å². The number of carbonyl (C=O) groups is 2. The zero-order chi connectivity index (χ0) is 32.3. The fourth-order valence-corrected chi connectivity index (χ4v) is 4.36. The van der Waals surface area contributed by atoms with E-state index in [-0.39, 0.29) is 66.0 Å². The van der Waals surface area contributed by atoms with E-state index in [0.29, 0.717) is 5.92 Å². The van der Waals surface area contributed by atoms with Gasteiger partial charge in [-0.1, -0.05) is 76.3 Å². The minimum atomic E-state index is -2.94. The summed E-state index contributed by atoms with van der Waals surface area (Å²) in [7, 11) is -2.94. The molecule has 1 aliphatic rings. The summed E-state index contributed by atoms with van der Waals surface area (Å²) in [6.07, 6.45) is 12.2. The number of nitrogens with zero attached hydrogens (tertiary/aromatic N) is 4. The monoisotopic (exact) mass is 847 g/mol. The normalized spacial score (nSPS) is 14.9. The van der Waals surface area contributed by atoms with Gasteiger partial charge in [0.15, 0.2) is 10.6 Å². The quantitative estimate of drug-likeness (QED) is 0.140. The number of aliphatic carboxylic acids is 2. The maximum atomic E-state index is 9.72. The van der Waals surface area contributed by atoms with Gasteiger partial charge in [-0.05, 0) is 49.1 Å². The number of hydrogen-bond acceptors (Lipinski definition) is 9. The van der Waals surface area contributed by atoms with Crippen LogP contribution in [0.4, 0.5) is 0 Å². The molecule has 1 fully saturated rings. The third-order valence-corrected chi connectivity index (χ3v) is 8.24. The fraction of sp³-hybridized carbons (Fsp3) is 0.452. The molecule has 0 saturated heterocycles. The number of carboxylic acids is 2. The van der Waals surface area contributed by atoms with E-state index in [1.54, 1.807) is 6.08 Å². The van der Waals surface area contributed by atoms with Crippen LogP contribution < -0.4 is 0 Å². The van der Waals surface area contributed by atoms with E-state index in [0.717, 1.165) is 11.9 Å². The first-order valence-corrected chi connectivity index (χ1v) is 15.1. The second kappa shape index (κ2) is 28.1. The van der Waals surface area contributed by atoms with Crippen LogP contribution in [0.2, 0.25) is 0 Å². The summed E-state index contributed by atoms with van der Waals surface area (Å²) in [5, 5.41) is 17.0. The van der Waals surface area contributed by atoms with Gasteiger partial charge in [0.25, 0.3) is 0 Å². The van der Waals surface area contributed by atoms with Crippen LogP contribution in [-0.2, 0) is 30.7 Å². The Morgan fingerprint density at radius 2 is 1.50 bits per heavy atom. The first-order valence-electron chi connectivity index (χ1n) is 13.5. The molecule has 13 nitrogen and oxygen atoms in total. The van der Waals surface area contributed by atoms with Gasteiger partial charge in [0.1, 0.15) is 0 Å². The Morgan fingerprint density at radius 1 is 1.00 bits per heavy atom. The molecule has 5 N–H and O–H groups in total. The van der Waals surface area contributed by atoms with Crippen molar-refractivity contribution in [2.75, 3.05) is 5.75 Å². The molecular weight excluding hydrogens is 798 g/mol. The standard InChI is InChI=1S/C16H17N.C7H14N.C4H6O4.C2H5N3O3S.2CH3.H2O.Pt/c1-5-6-8-14-11(2)12(3)15-9-7-10-17-16(15)13(14)4;1-6-4-2-3-5-7(6)8;5-3(6)1-2-4(7)8;1-2-9(3-6,4-7)5-8;;;;/h5-10H,1H2,2-4H3;6-8H,2-5H2,1H3;1-2H2,(H,5,6)(H,7,8);2H2,1H3;2*1H3;1H2;/q;-1;;;2*-1;;/b8-6-;;;;;;;/t;6-,7-;;;;;;/m.0....../s1. The van der Waals surface area contributed by atoms with Crippen molar-refractivity contribution >= 4 is 39.5 Å². The number of benzene rings is 1. The Labute approximate surface area is 289 Å². The van der Waals surface area contributed by atoms with Crippen LogP contribution in [0, 0.1) is 56.3 Å². The van der Waals surface area contributed by atoms with Gasteiger partial charge in [-0.3, -0.25) is 14.6 Å². The van der Waals surface area contributed by atoms with Crippen LogP contribution in [0.25, 0.3) is 22.7 Å². The van der Waals surface area contributed by atoms with E-state index in [9.17, 15) is 24.3 Å². The molecule has 3 rings (SSSR count). The number of rotatable bonds is 9. The number of nitrogens with one attached hydrogen (secondary N) is 1. The van der Waals surface area contributed by atoms with Crippen molar-refractivity contribution < 1.29 is 46.3 Å². The maximum Gasteiger partial charge on any atom is 0.303 e.